The van der Waals surface area contributed by atoms with E-state index in [1.54, 1.807) is 11.3 Å². The van der Waals surface area contributed by atoms with Crippen LogP contribution < -0.4 is 10.6 Å². The van der Waals surface area contributed by atoms with Gasteiger partial charge in [-0.25, -0.2) is 15.0 Å². The molecule has 2 aromatic carbocycles. The predicted molar refractivity (Wildman–Crippen MR) is 137 cm³/mol. The van der Waals surface area contributed by atoms with Crippen molar-refractivity contribution < 1.29 is 0 Å². The van der Waals surface area contributed by atoms with E-state index in [4.69, 9.17) is 21.6 Å². The van der Waals surface area contributed by atoms with Gasteiger partial charge in [0.05, 0.1) is 27.3 Å². The molecule has 2 aromatic heterocycles. The van der Waals surface area contributed by atoms with Gasteiger partial charge in [0.15, 0.2) is 0 Å². The van der Waals surface area contributed by atoms with Gasteiger partial charge in [0.1, 0.15) is 0 Å². The van der Waals surface area contributed by atoms with E-state index in [-0.39, 0.29) is 6.04 Å². The maximum absolute atomic E-state index is 6.32. The molecule has 1 saturated heterocycles. The van der Waals surface area contributed by atoms with Crippen molar-refractivity contribution in [2.24, 2.45) is 0 Å². The Morgan fingerprint density at radius 2 is 1.85 bits per heavy atom. The molecule has 33 heavy (non-hydrogen) atoms. The Morgan fingerprint density at radius 3 is 2.64 bits per heavy atom. The predicted octanol–water partition coefficient (Wildman–Crippen LogP) is 6.56. The van der Waals surface area contributed by atoms with Crippen LogP contribution in [-0.2, 0) is 0 Å². The number of benzene rings is 2. The number of hydrogen-bond acceptors (Lipinski definition) is 6. The van der Waals surface area contributed by atoms with Crippen molar-refractivity contribution in [3.8, 4) is 21.8 Å². The zero-order valence-electron chi connectivity index (χ0n) is 18.5. The molecule has 1 fully saturated rings. The standard InChI is InChI=1S/C26H26ClN5S/c1-17(18-6-3-2-4-7-18)30-26-29-15-12-22(31-26)24-23(20-8-5-9-21(27)16-20)32-25(33-24)19-10-13-28-14-11-19/h2-9,12,15-17,19,28H,10-11,13-14H2,1H3,(H,29,30,31). The fourth-order valence-electron chi connectivity index (χ4n) is 4.16. The van der Waals surface area contributed by atoms with E-state index in [9.17, 15) is 0 Å². The molecule has 1 aliphatic heterocycles. The van der Waals surface area contributed by atoms with Crippen LogP contribution in [0.2, 0.25) is 5.02 Å². The molecule has 0 amide bonds. The van der Waals surface area contributed by atoms with E-state index in [1.165, 1.54) is 10.6 Å². The Hall–Kier alpha value is -2.80. The van der Waals surface area contributed by atoms with Gasteiger partial charge in [0.25, 0.3) is 0 Å². The van der Waals surface area contributed by atoms with E-state index in [2.05, 4.69) is 40.7 Å². The number of thiazole rings is 1. The highest BCUT2D eigenvalue weighted by Crippen LogP contribution is 2.41. The van der Waals surface area contributed by atoms with Crippen molar-refractivity contribution in [3.05, 3.63) is 82.5 Å². The van der Waals surface area contributed by atoms with Crippen LogP contribution in [0.3, 0.4) is 0 Å². The van der Waals surface area contributed by atoms with Gasteiger partial charge in [-0.2, -0.15) is 0 Å². The first-order chi connectivity index (χ1) is 16.2. The summed E-state index contributed by atoms with van der Waals surface area (Å²) in [7, 11) is 0. The first kappa shape index (κ1) is 22.0. The molecule has 0 saturated carbocycles. The summed E-state index contributed by atoms with van der Waals surface area (Å²) in [5.74, 6) is 1.08. The molecule has 1 unspecified atom stereocenters. The van der Waals surface area contributed by atoms with Gasteiger partial charge in [-0.15, -0.1) is 11.3 Å². The molecular weight excluding hydrogens is 450 g/mol. The maximum Gasteiger partial charge on any atom is 0.223 e. The second kappa shape index (κ2) is 10.00. The fourth-order valence-corrected chi connectivity index (χ4v) is 5.58. The van der Waals surface area contributed by atoms with Gasteiger partial charge in [0, 0.05) is 22.7 Å². The van der Waals surface area contributed by atoms with Crippen LogP contribution in [0.1, 0.15) is 42.3 Å². The zero-order chi connectivity index (χ0) is 22.6. The first-order valence-corrected chi connectivity index (χ1v) is 12.5. The number of piperidine rings is 1. The minimum absolute atomic E-state index is 0.0978. The van der Waals surface area contributed by atoms with Crippen molar-refractivity contribution in [3.63, 3.8) is 0 Å². The smallest absolute Gasteiger partial charge is 0.223 e. The Morgan fingerprint density at radius 1 is 1.03 bits per heavy atom. The number of aromatic nitrogens is 3. The topological polar surface area (TPSA) is 62.7 Å². The van der Waals surface area contributed by atoms with Crippen molar-refractivity contribution in [1.82, 2.24) is 20.3 Å². The Labute approximate surface area is 203 Å². The van der Waals surface area contributed by atoms with Crippen LogP contribution in [-0.4, -0.2) is 28.0 Å². The third-order valence-electron chi connectivity index (χ3n) is 5.96. The molecular formula is C26H26ClN5S. The summed E-state index contributed by atoms with van der Waals surface area (Å²) in [6, 6.07) is 20.3. The fraction of sp³-hybridized carbons (Fsp3) is 0.269. The summed E-state index contributed by atoms with van der Waals surface area (Å²) in [5.41, 5.74) is 4.02. The van der Waals surface area contributed by atoms with Crippen molar-refractivity contribution >= 4 is 28.9 Å². The van der Waals surface area contributed by atoms with Crippen LogP contribution in [0.4, 0.5) is 5.95 Å². The lowest BCUT2D eigenvalue weighted by molar-refractivity contribution is 0.459. The molecule has 0 aliphatic carbocycles. The summed E-state index contributed by atoms with van der Waals surface area (Å²) in [4.78, 5) is 15.5. The minimum Gasteiger partial charge on any atom is -0.348 e. The van der Waals surface area contributed by atoms with Gasteiger partial charge in [-0.05, 0) is 56.6 Å². The van der Waals surface area contributed by atoms with Gasteiger partial charge in [-0.1, -0.05) is 54.1 Å². The monoisotopic (exact) mass is 475 g/mol. The van der Waals surface area contributed by atoms with Gasteiger partial charge in [0.2, 0.25) is 5.95 Å². The zero-order valence-corrected chi connectivity index (χ0v) is 20.0. The quantitative estimate of drug-likeness (QED) is 0.330. The number of halogens is 1. The second-order valence-corrected chi connectivity index (χ2v) is 9.77. The summed E-state index contributed by atoms with van der Waals surface area (Å²) in [6.45, 7) is 4.18. The number of nitrogens with zero attached hydrogens (tertiary/aromatic N) is 3. The van der Waals surface area contributed by atoms with Crippen LogP contribution >= 0.6 is 22.9 Å². The SMILES string of the molecule is CC(Nc1nccc(-c2sc(C3CCNCC3)nc2-c2cccc(Cl)c2)n1)c1ccccc1. The second-order valence-electron chi connectivity index (χ2n) is 8.31. The largest absolute Gasteiger partial charge is 0.348 e. The molecule has 168 valence electrons. The number of hydrogen-bond donors (Lipinski definition) is 2. The maximum atomic E-state index is 6.32. The summed E-state index contributed by atoms with van der Waals surface area (Å²) in [6.07, 6.45) is 4.02. The molecule has 1 aliphatic rings. The van der Waals surface area contributed by atoms with Crippen LogP contribution in [0.25, 0.3) is 21.8 Å². The van der Waals surface area contributed by atoms with Gasteiger partial charge in [-0.3, -0.25) is 0 Å². The molecule has 0 bridgehead atoms. The molecule has 5 rings (SSSR count). The minimum atomic E-state index is 0.0978. The lowest BCUT2D eigenvalue weighted by Gasteiger charge is -2.20. The average molecular weight is 476 g/mol. The summed E-state index contributed by atoms with van der Waals surface area (Å²) in [5, 5.41) is 8.76. The normalized spacial score (nSPS) is 15.3. The molecule has 1 atom stereocenters. The third-order valence-corrected chi connectivity index (χ3v) is 7.44. The van der Waals surface area contributed by atoms with Crippen molar-refractivity contribution in [2.45, 2.75) is 31.7 Å². The van der Waals surface area contributed by atoms with Crippen molar-refractivity contribution in [2.75, 3.05) is 18.4 Å². The number of rotatable bonds is 6. The molecule has 3 heterocycles. The molecule has 2 N–H and O–H groups in total. The lowest BCUT2D eigenvalue weighted by atomic mass is 9.99. The number of anilines is 1. The van der Waals surface area contributed by atoms with E-state index in [0.29, 0.717) is 16.9 Å². The van der Waals surface area contributed by atoms with Crippen molar-refractivity contribution in [1.29, 1.82) is 0 Å². The van der Waals surface area contributed by atoms with Crippen LogP contribution in [0.15, 0.2) is 66.9 Å². The summed E-state index contributed by atoms with van der Waals surface area (Å²) < 4.78 is 0. The Bertz CT molecular complexity index is 1220. The van der Waals surface area contributed by atoms with E-state index >= 15 is 0 Å². The van der Waals surface area contributed by atoms with Gasteiger partial charge < -0.3 is 10.6 Å². The molecule has 0 radical (unpaired) electrons. The highest BCUT2D eigenvalue weighted by atomic mass is 35.5. The van der Waals surface area contributed by atoms with Gasteiger partial charge >= 0.3 is 0 Å². The lowest BCUT2D eigenvalue weighted by Crippen LogP contribution is -2.26. The molecule has 7 heteroatoms. The molecule has 5 nitrogen and oxygen atoms in total. The van der Waals surface area contributed by atoms with E-state index in [1.807, 2.05) is 48.7 Å². The highest BCUT2D eigenvalue weighted by molar-refractivity contribution is 7.15. The summed E-state index contributed by atoms with van der Waals surface area (Å²) >= 11 is 8.06. The Kier molecular flexibility index (Phi) is 6.67. The number of nitrogens with one attached hydrogen (secondary N) is 2. The van der Waals surface area contributed by atoms with E-state index < -0.39 is 0 Å². The average Bonchev–Trinajstić information content (AvgIpc) is 3.31. The van der Waals surface area contributed by atoms with Crippen LogP contribution in [0.5, 0.6) is 0 Å². The molecule has 0 spiro atoms. The third kappa shape index (κ3) is 5.08. The Balaban J connectivity index is 1.51. The first-order valence-electron chi connectivity index (χ1n) is 11.3. The van der Waals surface area contributed by atoms with E-state index in [0.717, 1.165) is 47.8 Å². The van der Waals surface area contributed by atoms with Crippen LogP contribution in [0, 0.1) is 0 Å². The molecule has 4 aromatic rings. The highest BCUT2D eigenvalue weighted by Gasteiger charge is 2.23.